The van der Waals surface area contributed by atoms with Crippen LogP contribution in [0.25, 0.3) is 10.9 Å². The van der Waals surface area contributed by atoms with Gasteiger partial charge >= 0.3 is 0 Å². The topological polar surface area (TPSA) is 71.3 Å². The largest absolute Gasteiger partial charge is 0.396 e. The molecule has 0 bridgehead atoms. The maximum absolute atomic E-state index is 12.3. The van der Waals surface area contributed by atoms with E-state index < -0.39 is 5.91 Å². The van der Waals surface area contributed by atoms with Crippen molar-refractivity contribution in [3.8, 4) is 0 Å². The molecule has 0 spiro atoms. The molecule has 0 unspecified atom stereocenters. The molecule has 5 nitrogen and oxygen atoms in total. The molecule has 1 aromatic carbocycles. The van der Waals surface area contributed by atoms with Crippen molar-refractivity contribution in [1.29, 1.82) is 0 Å². The van der Waals surface area contributed by atoms with Gasteiger partial charge in [-0.3, -0.25) is 9.59 Å². The van der Waals surface area contributed by atoms with E-state index in [9.17, 15) is 9.59 Å². The summed E-state index contributed by atoms with van der Waals surface area (Å²) in [5.74, 6) is -0.392. The van der Waals surface area contributed by atoms with Crippen molar-refractivity contribution in [3.05, 3.63) is 46.2 Å². The molecule has 0 fully saturated rings. The minimum Gasteiger partial charge on any atom is -0.396 e. The number of fused-ring (bicyclic) bond motifs is 1. The van der Waals surface area contributed by atoms with Crippen LogP contribution in [0.4, 0.5) is 0 Å². The van der Waals surface area contributed by atoms with E-state index in [0.717, 1.165) is 5.52 Å². The molecule has 0 radical (unpaired) electrons. The van der Waals surface area contributed by atoms with Gasteiger partial charge < -0.3 is 15.0 Å². The van der Waals surface area contributed by atoms with E-state index in [-0.39, 0.29) is 17.6 Å². The zero-order valence-corrected chi connectivity index (χ0v) is 11.4. The van der Waals surface area contributed by atoms with Crippen LogP contribution < -0.4 is 10.7 Å². The van der Waals surface area contributed by atoms with E-state index >= 15 is 0 Å². The number of aliphatic hydroxyl groups excluding tert-OH is 1. The number of nitrogens with one attached hydrogen (secondary N) is 1. The molecule has 0 atom stereocenters. The molecule has 1 aromatic heterocycles. The number of benzene rings is 1. The van der Waals surface area contributed by atoms with Gasteiger partial charge in [-0.15, -0.1) is 0 Å². The fourth-order valence-corrected chi connectivity index (χ4v) is 2.14. The van der Waals surface area contributed by atoms with Gasteiger partial charge in [0.15, 0.2) is 0 Å². The number of carbonyl (C=O) groups excluding carboxylic acids is 1. The number of rotatable bonds is 5. The van der Waals surface area contributed by atoms with Gasteiger partial charge in [0.1, 0.15) is 5.56 Å². The number of carbonyl (C=O) groups is 1. The average Bonchev–Trinajstić information content (AvgIpc) is 2.48. The summed E-state index contributed by atoms with van der Waals surface area (Å²) in [5, 5.41) is 11.9. The molecule has 2 rings (SSSR count). The predicted octanol–water partition coefficient (Wildman–Crippen LogP) is 1.13. The molecule has 2 N–H and O–H groups in total. The Balaban J connectivity index is 2.46. The minimum absolute atomic E-state index is 0.0111. The molecular weight excluding hydrogens is 256 g/mol. The Morgan fingerprint density at radius 3 is 2.80 bits per heavy atom. The SMILES string of the molecule is CCn1cc(C(=O)NCCCO)c(=O)c2ccccc21. The van der Waals surface area contributed by atoms with Gasteiger partial charge in [0, 0.05) is 31.3 Å². The Morgan fingerprint density at radius 1 is 1.35 bits per heavy atom. The van der Waals surface area contributed by atoms with E-state index in [1.54, 1.807) is 18.3 Å². The molecule has 2 aromatic rings. The molecule has 0 aliphatic rings. The fraction of sp³-hybridized carbons (Fsp3) is 0.333. The third-order valence-electron chi connectivity index (χ3n) is 3.19. The van der Waals surface area contributed by atoms with Crippen LogP contribution in [0.15, 0.2) is 35.3 Å². The first kappa shape index (κ1) is 14.3. The monoisotopic (exact) mass is 274 g/mol. The van der Waals surface area contributed by atoms with Crippen molar-refractivity contribution in [2.45, 2.75) is 19.9 Å². The first-order valence-corrected chi connectivity index (χ1v) is 6.70. The van der Waals surface area contributed by atoms with E-state index in [1.807, 2.05) is 23.6 Å². The van der Waals surface area contributed by atoms with E-state index in [2.05, 4.69) is 5.32 Å². The summed E-state index contributed by atoms with van der Waals surface area (Å²) in [6, 6.07) is 7.26. The zero-order chi connectivity index (χ0) is 14.5. The van der Waals surface area contributed by atoms with Crippen LogP contribution in [-0.2, 0) is 6.54 Å². The molecule has 20 heavy (non-hydrogen) atoms. The van der Waals surface area contributed by atoms with Gasteiger partial charge in [-0.2, -0.15) is 0 Å². The van der Waals surface area contributed by atoms with Gasteiger partial charge in [0.05, 0.1) is 5.52 Å². The second-order valence-corrected chi connectivity index (χ2v) is 4.51. The number of hydrogen-bond donors (Lipinski definition) is 2. The highest BCUT2D eigenvalue weighted by Gasteiger charge is 2.14. The molecule has 0 saturated carbocycles. The van der Waals surface area contributed by atoms with Crippen molar-refractivity contribution in [2.24, 2.45) is 0 Å². The number of nitrogens with zero attached hydrogens (tertiary/aromatic N) is 1. The first-order valence-electron chi connectivity index (χ1n) is 6.70. The second-order valence-electron chi connectivity index (χ2n) is 4.51. The van der Waals surface area contributed by atoms with Crippen molar-refractivity contribution in [2.75, 3.05) is 13.2 Å². The average molecular weight is 274 g/mol. The highest BCUT2D eigenvalue weighted by molar-refractivity contribution is 5.97. The molecule has 0 saturated heterocycles. The number of para-hydroxylation sites is 1. The second kappa shape index (κ2) is 6.34. The highest BCUT2D eigenvalue weighted by atomic mass is 16.3. The third-order valence-corrected chi connectivity index (χ3v) is 3.19. The molecule has 0 aliphatic heterocycles. The van der Waals surface area contributed by atoms with Crippen LogP contribution in [0.2, 0.25) is 0 Å². The number of aryl methyl sites for hydroxylation is 1. The lowest BCUT2D eigenvalue weighted by atomic mass is 10.1. The van der Waals surface area contributed by atoms with Crippen LogP contribution in [0.1, 0.15) is 23.7 Å². The molecular formula is C15H18N2O3. The molecule has 1 amide bonds. The highest BCUT2D eigenvalue weighted by Crippen LogP contribution is 2.11. The van der Waals surface area contributed by atoms with Crippen LogP contribution in [0, 0.1) is 0 Å². The smallest absolute Gasteiger partial charge is 0.256 e. The van der Waals surface area contributed by atoms with Gasteiger partial charge in [0.2, 0.25) is 5.43 Å². The van der Waals surface area contributed by atoms with Crippen molar-refractivity contribution in [3.63, 3.8) is 0 Å². The normalized spacial score (nSPS) is 10.7. The summed E-state index contributed by atoms with van der Waals surface area (Å²) in [7, 11) is 0. The molecule has 5 heteroatoms. The Kier molecular flexibility index (Phi) is 4.53. The number of amides is 1. The summed E-state index contributed by atoms with van der Waals surface area (Å²) >= 11 is 0. The first-order chi connectivity index (χ1) is 9.69. The van der Waals surface area contributed by atoms with Crippen LogP contribution in [0.3, 0.4) is 0 Å². The van der Waals surface area contributed by atoms with Gasteiger partial charge in [-0.05, 0) is 25.5 Å². The van der Waals surface area contributed by atoms with Crippen molar-refractivity contribution >= 4 is 16.8 Å². The Hall–Kier alpha value is -2.14. The predicted molar refractivity (Wildman–Crippen MR) is 77.9 cm³/mol. The van der Waals surface area contributed by atoms with Gasteiger partial charge in [0.25, 0.3) is 5.91 Å². The van der Waals surface area contributed by atoms with Crippen LogP contribution in [0.5, 0.6) is 0 Å². The van der Waals surface area contributed by atoms with Crippen molar-refractivity contribution < 1.29 is 9.90 Å². The van der Waals surface area contributed by atoms with E-state index in [1.165, 1.54) is 0 Å². The fourth-order valence-electron chi connectivity index (χ4n) is 2.14. The Labute approximate surface area is 116 Å². The summed E-state index contributed by atoms with van der Waals surface area (Å²) in [5.41, 5.74) is 0.710. The van der Waals surface area contributed by atoms with E-state index in [4.69, 9.17) is 5.11 Å². The van der Waals surface area contributed by atoms with Crippen molar-refractivity contribution in [1.82, 2.24) is 9.88 Å². The minimum atomic E-state index is -0.392. The Bertz CT molecular complexity index is 676. The maximum atomic E-state index is 12.3. The summed E-state index contributed by atoms with van der Waals surface area (Å²) in [6.07, 6.45) is 2.07. The number of aromatic nitrogens is 1. The van der Waals surface area contributed by atoms with E-state index in [0.29, 0.717) is 24.9 Å². The van der Waals surface area contributed by atoms with Gasteiger partial charge in [-0.25, -0.2) is 0 Å². The lowest BCUT2D eigenvalue weighted by molar-refractivity contribution is 0.0949. The zero-order valence-electron chi connectivity index (χ0n) is 11.4. The van der Waals surface area contributed by atoms with Crippen LogP contribution in [-0.4, -0.2) is 28.7 Å². The summed E-state index contributed by atoms with van der Waals surface area (Å²) in [6.45, 7) is 3.01. The number of pyridine rings is 1. The lowest BCUT2D eigenvalue weighted by Crippen LogP contribution is -2.30. The third kappa shape index (κ3) is 2.72. The lowest BCUT2D eigenvalue weighted by Gasteiger charge is -2.11. The van der Waals surface area contributed by atoms with Crippen LogP contribution >= 0.6 is 0 Å². The molecule has 106 valence electrons. The standard InChI is InChI=1S/C15H18N2O3/c1-2-17-10-12(15(20)16-8-5-9-18)14(19)11-6-3-4-7-13(11)17/h3-4,6-7,10,18H,2,5,8-9H2,1H3,(H,16,20). The maximum Gasteiger partial charge on any atom is 0.256 e. The summed E-state index contributed by atoms with van der Waals surface area (Å²) < 4.78 is 1.89. The van der Waals surface area contributed by atoms with Gasteiger partial charge in [-0.1, -0.05) is 12.1 Å². The molecule has 0 aliphatic carbocycles. The quantitative estimate of drug-likeness (QED) is 0.803. The Morgan fingerprint density at radius 2 is 2.10 bits per heavy atom. The molecule has 1 heterocycles. The number of hydrogen-bond acceptors (Lipinski definition) is 3. The number of aliphatic hydroxyl groups is 1. The summed E-state index contributed by atoms with van der Waals surface area (Å²) in [4.78, 5) is 24.4.